The summed E-state index contributed by atoms with van der Waals surface area (Å²) in [6.07, 6.45) is 1.59. The van der Waals surface area contributed by atoms with Crippen molar-refractivity contribution in [3.63, 3.8) is 0 Å². The third-order valence-corrected chi connectivity index (χ3v) is 2.83. The van der Waals surface area contributed by atoms with Gasteiger partial charge in [-0.05, 0) is 52.9 Å². The van der Waals surface area contributed by atoms with Gasteiger partial charge in [0.1, 0.15) is 5.69 Å². The van der Waals surface area contributed by atoms with E-state index >= 15 is 0 Å². The normalized spacial score (nSPS) is 10.1. The van der Waals surface area contributed by atoms with Gasteiger partial charge in [0.15, 0.2) is 0 Å². The number of benzene rings is 1. The third-order valence-electron chi connectivity index (χ3n) is 2.16. The maximum absolute atomic E-state index is 12.1. The Kier molecular flexibility index (Phi) is 3.19. The number of rotatable bonds is 2. The van der Waals surface area contributed by atoms with Crippen molar-refractivity contribution in [1.29, 1.82) is 0 Å². The number of nitrogens with two attached hydrogens (primary N) is 1. The van der Waals surface area contributed by atoms with Gasteiger partial charge in [-0.25, -0.2) is 0 Å². The highest BCUT2D eigenvalue weighted by molar-refractivity contribution is 14.1. The molecule has 0 fully saturated rings. The van der Waals surface area contributed by atoms with Crippen molar-refractivity contribution in [1.82, 2.24) is 4.98 Å². The van der Waals surface area contributed by atoms with Gasteiger partial charge in [0.25, 0.3) is 0 Å². The molecule has 1 aromatic carbocycles. The zero-order chi connectivity index (χ0) is 11.5. The molecule has 1 aromatic heterocycles. The van der Waals surface area contributed by atoms with Crippen molar-refractivity contribution in [3.05, 3.63) is 57.4 Å². The van der Waals surface area contributed by atoms with E-state index in [1.807, 2.05) is 6.07 Å². The highest BCUT2D eigenvalue weighted by atomic mass is 127. The molecular weight excluding hydrogens is 315 g/mol. The van der Waals surface area contributed by atoms with Crippen molar-refractivity contribution >= 4 is 34.1 Å². The topological polar surface area (TPSA) is 56.0 Å². The molecule has 0 spiro atoms. The first-order chi connectivity index (χ1) is 7.68. The number of carbonyl (C=O) groups is 1. The number of halogens is 1. The second-order valence-electron chi connectivity index (χ2n) is 3.28. The smallest absolute Gasteiger partial charge is 0.213 e. The lowest BCUT2D eigenvalue weighted by Gasteiger charge is -2.04. The second kappa shape index (κ2) is 4.61. The van der Waals surface area contributed by atoms with E-state index in [2.05, 4.69) is 27.6 Å². The number of carbonyl (C=O) groups excluding carboxylic acids is 1. The molecule has 0 aliphatic rings. The SMILES string of the molecule is Nc1ccc(I)cc1C(=O)c1ccccn1. The van der Waals surface area contributed by atoms with Crippen molar-refractivity contribution < 1.29 is 4.79 Å². The fraction of sp³-hybridized carbons (Fsp3) is 0. The summed E-state index contributed by atoms with van der Waals surface area (Å²) >= 11 is 2.15. The molecule has 0 saturated heterocycles. The van der Waals surface area contributed by atoms with Gasteiger partial charge in [-0.1, -0.05) is 6.07 Å². The van der Waals surface area contributed by atoms with Crippen molar-refractivity contribution in [3.8, 4) is 0 Å². The Morgan fingerprint density at radius 2 is 2.06 bits per heavy atom. The zero-order valence-corrected chi connectivity index (χ0v) is 10.5. The Labute approximate surface area is 107 Å². The summed E-state index contributed by atoms with van der Waals surface area (Å²) < 4.78 is 0.978. The molecule has 0 aliphatic carbocycles. The van der Waals surface area contributed by atoms with Crippen molar-refractivity contribution in [2.24, 2.45) is 0 Å². The van der Waals surface area contributed by atoms with E-state index in [-0.39, 0.29) is 5.78 Å². The van der Waals surface area contributed by atoms with E-state index in [9.17, 15) is 4.79 Å². The summed E-state index contributed by atoms with van der Waals surface area (Å²) in [5, 5.41) is 0. The van der Waals surface area contributed by atoms with E-state index < -0.39 is 0 Å². The van der Waals surface area contributed by atoms with Crippen LogP contribution in [0.25, 0.3) is 0 Å². The quantitative estimate of drug-likeness (QED) is 0.525. The number of ketones is 1. The van der Waals surface area contributed by atoms with Gasteiger partial charge in [0.05, 0.1) is 0 Å². The Morgan fingerprint density at radius 1 is 1.25 bits per heavy atom. The van der Waals surface area contributed by atoms with Crippen LogP contribution in [0.3, 0.4) is 0 Å². The number of anilines is 1. The molecule has 0 radical (unpaired) electrons. The summed E-state index contributed by atoms with van der Waals surface area (Å²) in [6, 6.07) is 10.6. The Hall–Kier alpha value is -1.43. The van der Waals surface area contributed by atoms with E-state index in [4.69, 9.17) is 5.73 Å². The largest absolute Gasteiger partial charge is 0.398 e. The average Bonchev–Trinajstić information content (AvgIpc) is 2.32. The van der Waals surface area contributed by atoms with Crippen LogP contribution in [0.4, 0.5) is 5.69 Å². The third kappa shape index (κ3) is 2.21. The molecule has 0 aliphatic heterocycles. The molecule has 0 amide bonds. The molecule has 0 atom stereocenters. The second-order valence-corrected chi connectivity index (χ2v) is 4.52. The summed E-state index contributed by atoms with van der Waals surface area (Å²) in [4.78, 5) is 16.1. The first-order valence-electron chi connectivity index (χ1n) is 4.69. The molecule has 0 bridgehead atoms. The fourth-order valence-electron chi connectivity index (χ4n) is 1.36. The summed E-state index contributed by atoms with van der Waals surface area (Å²) in [5.41, 5.74) is 7.18. The zero-order valence-electron chi connectivity index (χ0n) is 8.35. The first-order valence-corrected chi connectivity index (χ1v) is 5.77. The summed E-state index contributed by atoms with van der Waals surface area (Å²) in [5.74, 6) is -0.142. The molecule has 0 saturated carbocycles. The van der Waals surface area contributed by atoms with E-state index in [1.54, 1.807) is 36.5 Å². The van der Waals surface area contributed by atoms with Gasteiger partial charge < -0.3 is 5.73 Å². The number of aromatic nitrogens is 1. The molecule has 2 aromatic rings. The van der Waals surface area contributed by atoms with Crippen LogP contribution in [-0.4, -0.2) is 10.8 Å². The number of nitrogens with zero attached hydrogens (tertiary/aromatic N) is 1. The van der Waals surface area contributed by atoms with Crippen LogP contribution < -0.4 is 5.73 Å². The van der Waals surface area contributed by atoms with E-state index in [1.165, 1.54) is 0 Å². The molecule has 4 heteroatoms. The minimum Gasteiger partial charge on any atom is -0.398 e. The number of pyridine rings is 1. The molecule has 2 rings (SSSR count). The monoisotopic (exact) mass is 324 g/mol. The Balaban J connectivity index is 2.46. The maximum Gasteiger partial charge on any atom is 0.213 e. The molecule has 2 N–H and O–H groups in total. The minimum absolute atomic E-state index is 0.142. The maximum atomic E-state index is 12.1. The van der Waals surface area contributed by atoms with Crippen LogP contribution >= 0.6 is 22.6 Å². The van der Waals surface area contributed by atoms with E-state index in [0.29, 0.717) is 16.9 Å². The van der Waals surface area contributed by atoms with Gasteiger partial charge in [-0.3, -0.25) is 9.78 Å². The lowest BCUT2D eigenvalue weighted by atomic mass is 10.1. The molecule has 16 heavy (non-hydrogen) atoms. The predicted octanol–water partition coefficient (Wildman–Crippen LogP) is 2.50. The highest BCUT2D eigenvalue weighted by Crippen LogP contribution is 2.18. The minimum atomic E-state index is -0.142. The van der Waals surface area contributed by atoms with Gasteiger partial charge in [0.2, 0.25) is 5.78 Å². The van der Waals surface area contributed by atoms with Crippen LogP contribution in [0.2, 0.25) is 0 Å². The number of hydrogen-bond donors (Lipinski definition) is 1. The highest BCUT2D eigenvalue weighted by Gasteiger charge is 2.13. The molecular formula is C12H9IN2O. The van der Waals surface area contributed by atoms with Gasteiger partial charge in [-0.2, -0.15) is 0 Å². The van der Waals surface area contributed by atoms with Crippen LogP contribution in [-0.2, 0) is 0 Å². The molecule has 1 heterocycles. The van der Waals surface area contributed by atoms with Gasteiger partial charge in [0, 0.05) is 21.0 Å². The molecule has 80 valence electrons. The van der Waals surface area contributed by atoms with Crippen molar-refractivity contribution in [2.45, 2.75) is 0 Å². The predicted molar refractivity (Wildman–Crippen MR) is 71.2 cm³/mol. The van der Waals surface area contributed by atoms with Crippen LogP contribution in [0, 0.1) is 3.57 Å². The summed E-state index contributed by atoms with van der Waals surface area (Å²) in [7, 11) is 0. The van der Waals surface area contributed by atoms with Gasteiger partial charge >= 0.3 is 0 Å². The standard InChI is InChI=1S/C12H9IN2O/c13-8-4-5-10(14)9(7-8)12(16)11-3-1-2-6-15-11/h1-7H,14H2. The number of nitrogen functional groups attached to an aromatic ring is 1. The van der Waals surface area contributed by atoms with Crippen LogP contribution in [0.15, 0.2) is 42.6 Å². The molecule has 3 nitrogen and oxygen atoms in total. The Bertz CT molecular complexity index is 526. The van der Waals surface area contributed by atoms with Gasteiger partial charge in [-0.15, -0.1) is 0 Å². The average molecular weight is 324 g/mol. The fourth-order valence-corrected chi connectivity index (χ4v) is 1.85. The van der Waals surface area contributed by atoms with Crippen LogP contribution in [0.5, 0.6) is 0 Å². The summed E-state index contributed by atoms with van der Waals surface area (Å²) in [6.45, 7) is 0. The van der Waals surface area contributed by atoms with E-state index in [0.717, 1.165) is 3.57 Å². The lowest BCUT2D eigenvalue weighted by molar-refractivity contribution is 0.103. The van der Waals surface area contributed by atoms with Crippen molar-refractivity contribution in [2.75, 3.05) is 5.73 Å². The first kappa shape index (κ1) is 11.1. The lowest BCUT2D eigenvalue weighted by Crippen LogP contribution is -2.07. The Morgan fingerprint density at radius 3 is 2.75 bits per heavy atom. The number of hydrogen-bond acceptors (Lipinski definition) is 3. The molecule has 0 unspecified atom stereocenters. The van der Waals surface area contributed by atoms with Crippen LogP contribution in [0.1, 0.15) is 16.1 Å².